The van der Waals surface area contributed by atoms with Crippen molar-refractivity contribution in [3.63, 3.8) is 0 Å². The van der Waals surface area contributed by atoms with Gasteiger partial charge >= 0.3 is 18.0 Å². The summed E-state index contributed by atoms with van der Waals surface area (Å²) in [7, 11) is 1.58. The third-order valence-electron chi connectivity index (χ3n) is 5.75. The lowest BCUT2D eigenvalue weighted by Gasteiger charge is -2.38. The van der Waals surface area contributed by atoms with E-state index in [2.05, 4.69) is 5.32 Å². The van der Waals surface area contributed by atoms with Crippen molar-refractivity contribution >= 4 is 18.0 Å². The number of likely N-dealkylation sites (N-methyl/N-ethyl adjacent to an activating group) is 1. The smallest absolute Gasteiger partial charge is 0.338 e. The number of carbonyl (C=O) groups is 3. The Morgan fingerprint density at radius 1 is 1.22 bits per heavy atom. The maximum absolute atomic E-state index is 13.9. The highest BCUT2D eigenvalue weighted by Crippen LogP contribution is 2.32. The second kappa shape index (κ2) is 10.6. The fourth-order valence-corrected chi connectivity index (χ4v) is 4.20. The molecule has 0 spiro atoms. The molecule has 0 aromatic heterocycles. The zero-order valence-corrected chi connectivity index (χ0v) is 18.7. The van der Waals surface area contributed by atoms with Crippen molar-refractivity contribution in [1.82, 2.24) is 15.1 Å². The van der Waals surface area contributed by atoms with E-state index in [1.54, 1.807) is 27.0 Å². The van der Waals surface area contributed by atoms with Gasteiger partial charge in [-0.05, 0) is 50.9 Å². The number of nitrogens with one attached hydrogen (secondary N) is 1. The standard InChI is InChI=1S/C23H30FN3O5/c1-4-31-21(28)16-9-7-11-27(13-16)14-18-19(22(29)32-5-2)20(25-23(30)26(18)3)15-8-6-10-17(24)12-15/h6,8,10,12,16,20H,4-5,7,9,11,13-14H2,1-3H3,(H,25,30)/t16-,20-/m1/s1. The molecule has 0 unspecified atom stereocenters. The van der Waals surface area contributed by atoms with Crippen molar-refractivity contribution in [2.24, 2.45) is 5.92 Å². The quantitative estimate of drug-likeness (QED) is 0.647. The highest BCUT2D eigenvalue weighted by molar-refractivity contribution is 5.95. The van der Waals surface area contributed by atoms with Crippen molar-refractivity contribution in [3.05, 3.63) is 46.9 Å². The van der Waals surface area contributed by atoms with Gasteiger partial charge < -0.3 is 14.8 Å². The van der Waals surface area contributed by atoms with Crippen LogP contribution >= 0.6 is 0 Å². The second-order valence-electron chi connectivity index (χ2n) is 7.90. The number of hydrogen-bond acceptors (Lipinski definition) is 6. The summed E-state index contributed by atoms with van der Waals surface area (Å²) in [5.74, 6) is -1.52. The number of benzene rings is 1. The number of esters is 2. The normalized spacial score (nSPS) is 21.9. The molecule has 1 N–H and O–H groups in total. The number of hydrogen-bond donors (Lipinski definition) is 1. The Balaban J connectivity index is 1.97. The first-order valence-corrected chi connectivity index (χ1v) is 10.9. The van der Waals surface area contributed by atoms with Crippen LogP contribution in [-0.2, 0) is 19.1 Å². The van der Waals surface area contributed by atoms with E-state index in [0.717, 1.165) is 19.4 Å². The molecule has 2 aliphatic heterocycles. The number of likely N-dealkylation sites (tertiary alicyclic amines) is 1. The van der Waals surface area contributed by atoms with Crippen molar-refractivity contribution in [2.75, 3.05) is 39.9 Å². The molecule has 1 aromatic carbocycles. The number of halogens is 1. The molecule has 9 heteroatoms. The van der Waals surface area contributed by atoms with Crippen molar-refractivity contribution in [3.8, 4) is 0 Å². The van der Waals surface area contributed by atoms with Crippen molar-refractivity contribution < 1.29 is 28.2 Å². The summed E-state index contributed by atoms with van der Waals surface area (Å²) in [6, 6.07) is 4.55. The van der Waals surface area contributed by atoms with E-state index in [4.69, 9.17) is 9.47 Å². The summed E-state index contributed by atoms with van der Waals surface area (Å²) in [5.41, 5.74) is 1.19. The molecule has 3 rings (SSSR count). The van der Waals surface area contributed by atoms with Crippen LogP contribution in [0, 0.1) is 11.7 Å². The van der Waals surface area contributed by atoms with Gasteiger partial charge in [0.2, 0.25) is 0 Å². The first-order chi connectivity index (χ1) is 15.3. The molecule has 0 saturated carbocycles. The number of rotatable bonds is 7. The molecule has 32 heavy (non-hydrogen) atoms. The number of amides is 2. The van der Waals surface area contributed by atoms with E-state index in [-0.39, 0.29) is 30.6 Å². The Hall–Kier alpha value is -2.94. The van der Waals surface area contributed by atoms with E-state index in [9.17, 15) is 18.8 Å². The Kier molecular flexibility index (Phi) is 7.84. The van der Waals surface area contributed by atoms with Crippen LogP contribution < -0.4 is 5.32 Å². The minimum Gasteiger partial charge on any atom is -0.466 e. The number of carbonyl (C=O) groups excluding carboxylic acids is 3. The van der Waals surface area contributed by atoms with Crippen LogP contribution in [0.1, 0.15) is 38.3 Å². The highest BCUT2D eigenvalue weighted by Gasteiger charge is 2.38. The topological polar surface area (TPSA) is 88.2 Å². The van der Waals surface area contributed by atoms with Gasteiger partial charge in [-0.1, -0.05) is 12.1 Å². The van der Waals surface area contributed by atoms with Crippen LogP contribution in [0.4, 0.5) is 9.18 Å². The van der Waals surface area contributed by atoms with Gasteiger partial charge in [-0.2, -0.15) is 0 Å². The molecule has 2 amide bonds. The van der Waals surface area contributed by atoms with Crippen LogP contribution in [-0.4, -0.2) is 67.7 Å². The molecule has 0 radical (unpaired) electrons. The minimum absolute atomic E-state index is 0.164. The molecule has 174 valence electrons. The second-order valence-corrected chi connectivity index (χ2v) is 7.90. The van der Waals surface area contributed by atoms with Crippen LogP contribution in [0.3, 0.4) is 0 Å². The van der Waals surface area contributed by atoms with Crippen LogP contribution in [0.5, 0.6) is 0 Å². The number of ether oxygens (including phenoxy) is 2. The maximum Gasteiger partial charge on any atom is 0.338 e. The molecular weight excluding hydrogens is 417 g/mol. The van der Waals surface area contributed by atoms with Gasteiger partial charge in [0.05, 0.1) is 30.7 Å². The Morgan fingerprint density at radius 3 is 2.66 bits per heavy atom. The molecule has 2 heterocycles. The van der Waals surface area contributed by atoms with E-state index < -0.39 is 23.9 Å². The fourth-order valence-electron chi connectivity index (χ4n) is 4.20. The number of urea groups is 1. The predicted molar refractivity (Wildman–Crippen MR) is 115 cm³/mol. The van der Waals surface area contributed by atoms with Crippen molar-refractivity contribution in [2.45, 2.75) is 32.7 Å². The summed E-state index contributed by atoms with van der Waals surface area (Å²) >= 11 is 0. The summed E-state index contributed by atoms with van der Waals surface area (Å²) in [4.78, 5) is 41.4. The van der Waals surface area contributed by atoms with Gasteiger partial charge in [0.1, 0.15) is 5.82 Å². The fraction of sp³-hybridized carbons (Fsp3) is 0.522. The van der Waals surface area contributed by atoms with Gasteiger partial charge in [0.15, 0.2) is 0 Å². The molecule has 2 atom stereocenters. The predicted octanol–water partition coefficient (Wildman–Crippen LogP) is 2.61. The number of piperidine rings is 1. The first-order valence-electron chi connectivity index (χ1n) is 10.9. The van der Waals surface area contributed by atoms with Crippen molar-refractivity contribution in [1.29, 1.82) is 0 Å². The van der Waals surface area contributed by atoms with E-state index in [1.165, 1.54) is 23.1 Å². The largest absolute Gasteiger partial charge is 0.466 e. The summed E-state index contributed by atoms with van der Waals surface area (Å²) < 4.78 is 24.4. The summed E-state index contributed by atoms with van der Waals surface area (Å²) in [6.07, 6.45) is 1.54. The van der Waals surface area contributed by atoms with E-state index >= 15 is 0 Å². The lowest BCUT2D eigenvalue weighted by Crippen LogP contribution is -2.50. The first kappa shape index (κ1) is 23.7. The lowest BCUT2D eigenvalue weighted by molar-refractivity contribution is -0.150. The average Bonchev–Trinajstić information content (AvgIpc) is 2.77. The zero-order valence-electron chi connectivity index (χ0n) is 18.7. The van der Waals surface area contributed by atoms with Crippen LogP contribution in [0.15, 0.2) is 35.5 Å². The Morgan fingerprint density at radius 2 is 1.97 bits per heavy atom. The molecule has 2 aliphatic rings. The number of nitrogens with zero attached hydrogens (tertiary/aromatic N) is 2. The Labute approximate surface area is 187 Å². The molecule has 0 aliphatic carbocycles. The maximum atomic E-state index is 13.9. The van der Waals surface area contributed by atoms with E-state index in [1.807, 2.05) is 4.90 Å². The van der Waals surface area contributed by atoms with Gasteiger partial charge in [-0.15, -0.1) is 0 Å². The highest BCUT2D eigenvalue weighted by atomic mass is 19.1. The molecule has 1 aromatic rings. The monoisotopic (exact) mass is 447 g/mol. The van der Waals surface area contributed by atoms with Crippen LogP contribution in [0.2, 0.25) is 0 Å². The average molecular weight is 448 g/mol. The molecular formula is C23H30FN3O5. The van der Waals surface area contributed by atoms with Gasteiger partial charge in [-0.25, -0.2) is 14.0 Å². The molecule has 1 fully saturated rings. The third kappa shape index (κ3) is 5.27. The van der Waals surface area contributed by atoms with Gasteiger partial charge in [0.25, 0.3) is 0 Å². The summed E-state index contributed by atoms with van der Waals surface area (Å²) in [5, 5.41) is 2.78. The van der Waals surface area contributed by atoms with Gasteiger partial charge in [-0.3, -0.25) is 14.6 Å². The Bertz CT molecular complexity index is 903. The molecule has 8 nitrogen and oxygen atoms in total. The molecule has 1 saturated heterocycles. The zero-order chi connectivity index (χ0) is 23.3. The lowest BCUT2D eigenvalue weighted by atomic mass is 9.93. The summed E-state index contributed by atoms with van der Waals surface area (Å²) in [6.45, 7) is 5.43. The molecule has 0 bridgehead atoms. The van der Waals surface area contributed by atoms with Gasteiger partial charge in [0, 0.05) is 25.8 Å². The minimum atomic E-state index is -0.839. The van der Waals surface area contributed by atoms with Crippen LogP contribution in [0.25, 0.3) is 0 Å². The van der Waals surface area contributed by atoms with E-state index in [0.29, 0.717) is 24.4 Å². The third-order valence-corrected chi connectivity index (χ3v) is 5.75. The SMILES string of the molecule is CCOC(=O)C1=C(CN2CCC[C@@H](C(=O)OCC)C2)N(C)C(=O)N[C@@H]1c1cccc(F)c1.